The van der Waals surface area contributed by atoms with Crippen molar-refractivity contribution in [1.29, 1.82) is 0 Å². The van der Waals surface area contributed by atoms with E-state index in [2.05, 4.69) is 65.1 Å². The van der Waals surface area contributed by atoms with Crippen molar-refractivity contribution in [3.8, 4) is 22.3 Å². The number of nitrogens with one attached hydrogen (secondary N) is 3. The number of rotatable bonds is 15. The number of benzene rings is 5. The zero-order valence-electron chi connectivity index (χ0n) is 71.8. The molecule has 14 rings (SSSR count). The number of esters is 2. The van der Waals surface area contributed by atoms with Gasteiger partial charge >= 0.3 is 24.1 Å². The molecule has 0 radical (unpaired) electrons. The van der Waals surface area contributed by atoms with Gasteiger partial charge in [0.2, 0.25) is 5.24 Å². The lowest BCUT2D eigenvalue weighted by atomic mass is 10.0. The van der Waals surface area contributed by atoms with Gasteiger partial charge in [0.1, 0.15) is 97.4 Å². The molecule has 2 atom stereocenters. The second-order valence-electron chi connectivity index (χ2n) is 29.0. The highest BCUT2D eigenvalue weighted by Crippen LogP contribution is 2.28. The van der Waals surface area contributed by atoms with E-state index < -0.39 is 11.2 Å². The lowest BCUT2D eigenvalue weighted by Crippen LogP contribution is -2.47. The number of nitrogens with two attached hydrogens (primary N) is 3. The maximum atomic E-state index is 12.6. The van der Waals surface area contributed by atoms with Gasteiger partial charge in [0.25, 0.3) is 11.1 Å². The highest BCUT2D eigenvalue weighted by atomic mass is 35.5. The molecule has 5 aromatic carbocycles. The minimum atomic E-state index is -0.528. The molecule has 12 aromatic rings. The van der Waals surface area contributed by atoms with Crippen LogP contribution in [0, 0.1) is 0 Å². The summed E-state index contributed by atoms with van der Waals surface area (Å²) >= 11 is 33.0. The Labute approximate surface area is 774 Å². The molecule has 0 aliphatic carbocycles. The fourth-order valence-electron chi connectivity index (χ4n) is 11.2. The number of ether oxygens (including phenoxy) is 4. The highest BCUT2D eigenvalue weighted by molar-refractivity contribution is 6.63. The average molecular weight is 1890 g/mol. The SMILES string of the molecule is CC(C)(C)OC(=O)N1CCC[C@@H](N)C1.CC(C)(C)OC(=O)N1CCC[C@@H](Nc2ncnc3[nH]c(=O)c(-c4ccccc4)cc23)C1.CCOC(=O)Cc1ccccc1.CCOC(=O)Cc1ccccc1.N.Nc1ncnc(Cl)c1C=O.Nc1ncnc(Cl)c1C=O.O.O=C(Cl)Cc1ccccc1.O=Cc1c(Cl)ncnc1Cl.O=c1[nH]c2ncnc(Cl)c2cc1-c1ccccc1. The van der Waals surface area contributed by atoms with Crippen molar-refractivity contribution in [2.75, 3.05) is 56.2 Å². The number of hydrogen-bond donors (Lipinski definition) is 7. The van der Waals surface area contributed by atoms with E-state index in [4.69, 9.17) is 106 Å². The predicted molar refractivity (Wildman–Crippen MR) is 500 cm³/mol. The molecule has 9 heterocycles. The number of pyridine rings is 2. The number of fused-ring (bicyclic) bond motifs is 2. The van der Waals surface area contributed by atoms with Crippen LogP contribution in [0.15, 0.2) is 205 Å². The number of aromatic amines is 2. The Bertz CT molecular complexity index is 5440. The number of likely N-dealkylation sites (tertiary alicyclic amines) is 2. The van der Waals surface area contributed by atoms with Gasteiger partial charge in [-0.15, -0.1) is 0 Å². The molecule has 2 amide bonds. The Kier molecular flexibility index (Phi) is 47.3. The van der Waals surface area contributed by atoms with Crippen molar-refractivity contribution < 1.29 is 62.8 Å². The molecular formula is C89H101Cl6N19O15. The largest absolute Gasteiger partial charge is 0.466 e. The van der Waals surface area contributed by atoms with Crippen LogP contribution in [0.5, 0.6) is 0 Å². The molecule has 129 heavy (non-hydrogen) atoms. The molecular weight excluding hydrogens is 1790 g/mol. The summed E-state index contributed by atoms with van der Waals surface area (Å²) < 4.78 is 20.4. The minimum Gasteiger partial charge on any atom is -0.466 e. The number of nitrogens with zero attached hydrogens (tertiary/aromatic N) is 12. The fourth-order valence-corrected chi connectivity index (χ4v) is 12.3. The van der Waals surface area contributed by atoms with Crippen molar-refractivity contribution >= 4 is 157 Å². The third-order valence-corrected chi connectivity index (χ3v) is 18.6. The number of carbonyl (C=O) groups is 8. The normalized spacial score (nSPS) is 12.7. The summed E-state index contributed by atoms with van der Waals surface area (Å²) in [7, 11) is 0. The van der Waals surface area contributed by atoms with E-state index in [1.165, 1.54) is 31.6 Å². The molecule has 14 N–H and O–H groups in total. The minimum absolute atomic E-state index is 0. The number of anilines is 3. The molecule has 7 aromatic heterocycles. The van der Waals surface area contributed by atoms with Crippen LogP contribution in [-0.4, -0.2) is 186 Å². The second kappa shape index (κ2) is 56.3. The topological polar surface area (TPSA) is 531 Å². The Balaban J connectivity index is 0.000000314. The summed E-state index contributed by atoms with van der Waals surface area (Å²) in [6.45, 7) is 18.3. The van der Waals surface area contributed by atoms with Gasteiger partial charge in [0.05, 0.1) is 53.5 Å². The monoisotopic (exact) mass is 1890 g/mol. The summed E-state index contributed by atoms with van der Waals surface area (Å²) in [4.78, 5) is 158. The molecule has 2 fully saturated rings. The first kappa shape index (κ1) is 108. The van der Waals surface area contributed by atoms with E-state index in [1.807, 2.05) is 213 Å². The van der Waals surface area contributed by atoms with Crippen LogP contribution >= 0.6 is 69.6 Å². The number of carbonyl (C=O) groups excluding carboxylic acids is 8. The van der Waals surface area contributed by atoms with Crippen molar-refractivity contribution in [2.45, 2.75) is 124 Å². The molecule has 40 heteroatoms. The van der Waals surface area contributed by atoms with E-state index in [9.17, 15) is 47.9 Å². The number of nitrogen functional groups attached to an aromatic ring is 2. The van der Waals surface area contributed by atoms with Crippen molar-refractivity contribution in [2.24, 2.45) is 5.73 Å². The number of hydrogen-bond acceptors (Lipinski definition) is 29. The van der Waals surface area contributed by atoms with Gasteiger partial charge in [-0.25, -0.2) is 59.4 Å². The van der Waals surface area contributed by atoms with Crippen LogP contribution in [0.25, 0.3) is 44.3 Å². The Morgan fingerprint density at radius 2 is 0.814 bits per heavy atom. The van der Waals surface area contributed by atoms with Crippen LogP contribution in [0.3, 0.4) is 0 Å². The van der Waals surface area contributed by atoms with E-state index in [0.717, 1.165) is 65.4 Å². The summed E-state index contributed by atoms with van der Waals surface area (Å²) in [6.07, 6.45) is 12.2. The highest BCUT2D eigenvalue weighted by Gasteiger charge is 2.29. The first-order chi connectivity index (χ1) is 60.6. The molecule has 684 valence electrons. The van der Waals surface area contributed by atoms with Gasteiger partial charge in [-0.2, -0.15) is 0 Å². The smallest absolute Gasteiger partial charge is 0.410 e. The summed E-state index contributed by atoms with van der Waals surface area (Å²) in [6, 6.07) is 51.1. The number of aldehydes is 3. The van der Waals surface area contributed by atoms with Crippen molar-refractivity contribution in [3.05, 3.63) is 275 Å². The molecule has 0 saturated carbocycles. The van der Waals surface area contributed by atoms with Crippen LogP contribution in [0.1, 0.15) is 129 Å². The van der Waals surface area contributed by atoms with Crippen LogP contribution in [0.2, 0.25) is 25.8 Å². The Morgan fingerprint density at radius 3 is 1.18 bits per heavy atom. The van der Waals surface area contributed by atoms with Gasteiger partial charge in [0, 0.05) is 55.8 Å². The van der Waals surface area contributed by atoms with Gasteiger partial charge in [-0.3, -0.25) is 38.4 Å². The third kappa shape index (κ3) is 38.7. The van der Waals surface area contributed by atoms with Gasteiger partial charge < -0.3 is 72.9 Å². The zero-order chi connectivity index (χ0) is 93.0. The Morgan fingerprint density at radius 1 is 0.473 bits per heavy atom. The number of piperidine rings is 2. The van der Waals surface area contributed by atoms with Crippen molar-refractivity contribution in [1.82, 2.24) is 75.8 Å². The first-order valence-corrected chi connectivity index (χ1v) is 41.6. The zero-order valence-corrected chi connectivity index (χ0v) is 76.4. The van der Waals surface area contributed by atoms with E-state index in [0.29, 0.717) is 110 Å². The lowest BCUT2D eigenvalue weighted by Gasteiger charge is -2.34. The summed E-state index contributed by atoms with van der Waals surface area (Å²) in [5.41, 5.74) is 22.0. The summed E-state index contributed by atoms with van der Waals surface area (Å²) in [5, 5.41) is 5.16. The number of H-pyrrole nitrogens is 2. The fraction of sp³-hybridized carbons (Fsp3) is 0.281. The molecule has 2 aliphatic heterocycles. The number of halogens is 6. The number of amides is 2. The Hall–Kier alpha value is -12.9. The molecule has 34 nitrogen and oxygen atoms in total. The number of aromatic nitrogens is 12. The van der Waals surface area contributed by atoms with Crippen LogP contribution < -0.4 is 39.8 Å². The van der Waals surface area contributed by atoms with Crippen LogP contribution in [-0.2, 0) is 52.6 Å². The second-order valence-corrected chi connectivity index (χ2v) is 31.2. The molecule has 0 bridgehead atoms. The van der Waals surface area contributed by atoms with E-state index in [-0.39, 0.29) is 113 Å². The maximum Gasteiger partial charge on any atom is 0.410 e. The predicted octanol–water partition coefficient (Wildman–Crippen LogP) is 15.3. The van der Waals surface area contributed by atoms with Gasteiger partial charge in [-0.05, 0) is 133 Å². The molecule has 2 aliphatic rings. The van der Waals surface area contributed by atoms with Gasteiger partial charge in [0.15, 0.2) is 18.9 Å². The molecule has 2 saturated heterocycles. The lowest BCUT2D eigenvalue weighted by molar-refractivity contribution is -0.143. The quantitative estimate of drug-likeness (QED) is 0.0165. The maximum absolute atomic E-state index is 12.6. The third-order valence-electron chi connectivity index (χ3n) is 17.0. The molecule has 0 unspecified atom stereocenters. The van der Waals surface area contributed by atoms with Crippen LogP contribution in [0.4, 0.5) is 27.0 Å². The summed E-state index contributed by atoms with van der Waals surface area (Å²) in [5.74, 6) is 0.520. The average Bonchev–Trinajstić information content (AvgIpc) is 0.794. The first-order valence-electron chi connectivity index (χ1n) is 39.3. The molecule has 0 spiro atoms. The van der Waals surface area contributed by atoms with E-state index in [1.54, 1.807) is 15.9 Å². The standard InChI is InChI=1S/C23H27N5O3.C13H8ClN3O.C10H20N2O2.2C10H12O2.C8H7ClO.C5H2Cl2N2O.2C5H4ClN3O.H3N.H2O/c1-23(2,3)31-22(30)28-11-7-10-16(13-28)26-19-18-12-17(15-8-5-4-6-9-15)21(29)27-20(18)25-14-24-19;14-11-10-6-9(8-4-2-1-3-5-8)13(18)17-12(10)16-7-15-11;1-10(2,3)14-9(13)12-6-4-5-8(11)7-12;2*1-2-12-10(11)8-9-6-4-3-5-7-9;9-8(10)6-7-4-2-1-3-5-7;3*6-4-3(1-10)5(7)9-2-8-4;;/h4-6,8-9,12,14,16H,7,10-11,13H2,1-3H3,(H2,24,25,26,27,29);1-7H,(H,15,16,17,18);8H,4-7,11H2,1-3H3;2*3-7H,2,8H2,1H3;1-5H,6H2;1-2H;2*1-2H,(H2,7,8,9);1H3;1H2/t16-;;8-;;;;;;;;/m1.1......../s1. The van der Waals surface area contributed by atoms with Crippen molar-refractivity contribution in [3.63, 3.8) is 0 Å². The van der Waals surface area contributed by atoms with E-state index >= 15 is 0 Å². The van der Waals surface area contributed by atoms with Gasteiger partial charge in [-0.1, -0.05) is 210 Å².